The second-order valence-electron chi connectivity index (χ2n) is 5.65. The van der Waals surface area contributed by atoms with Crippen LogP contribution >= 0.6 is 11.6 Å². The Morgan fingerprint density at radius 1 is 0.929 bits per heavy atom. The fourth-order valence-electron chi connectivity index (χ4n) is 2.36. The molecule has 28 heavy (non-hydrogen) atoms. The van der Waals surface area contributed by atoms with Crippen LogP contribution in [-0.4, -0.2) is 11.8 Å². The molecule has 0 aliphatic heterocycles. The molecular weight excluding hydrogens is 397 g/mol. The van der Waals surface area contributed by atoms with Crippen molar-refractivity contribution in [2.45, 2.75) is 6.18 Å². The molecule has 0 fully saturated rings. The molecule has 0 radical (unpaired) electrons. The van der Waals surface area contributed by atoms with Crippen molar-refractivity contribution in [1.82, 2.24) is 0 Å². The molecule has 0 saturated carbocycles. The average Bonchev–Trinajstić information content (AvgIpc) is 3.17. The molecule has 5 nitrogen and oxygen atoms in total. The molecule has 0 unspecified atom stereocenters. The lowest BCUT2D eigenvalue weighted by molar-refractivity contribution is -0.136. The first-order chi connectivity index (χ1) is 13.2. The third-order valence-electron chi connectivity index (χ3n) is 3.68. The Kier molecular flexibility index (Phi) is 5.41. The Balaban J connectivity index is 1.85. The molecule has 3 aromatic rings. The van der Waals surface area contributed by atoms with Gasteiger partial charge in [0.05, 0.1) is 17.5 Å². The van der Waals surface area contributed by atoms with Crippen molar-refractivity contribution in [3.05, 3.63) is 82.8 Å². The van der Waals surface area contributed by atoms with Gasteiger partial charge in [-0.1, -0.05) is 11.6 Å². The Labute approximate surface area is 162 Å². The van der Waals surface area contributed by atoms with Gasteiger partial charge in [-0.25, -0.2) is 0 Å². The SMILES string of the molecule is O=C(Nc1ccc(NC(=O)c2ccco2)cc1C(F)(F)F)c1ccc(Cl)cc1. The van der Waals surface area contributed by atoms with Gasteiger partial charge in [-0.2, -0.15) is 13.2 Å². The number of anilines is 2. The predicted octanol–water partition coefficient (Wildman–Crippen LogP) is 5.46. The Bertz CT molecular complexity index is 1000. The lowest BCUT2D eigenvalue weighted by atomic mass is 10.1. The minimum Gasteiger partial charge on any atom is -0.459 e. The summed E-state index contributed by atoms with van der Waals surface area (Å²) in [5.74, 6) is -1.47. The molecule has 0 aliphatic carbocycles. The van der Waals surface area contributed by atoms with Gasteiger partial charge < -0.3 is 15.1 Å². The molecule has 2 aromatic carbocycles. The van der Waals surface area contributed by atoms with Crippen LogP contribution in [0.5, 0.6) is 0 Å². The fraction of sp³-hybridized carbons (Fsp3) is 0.0526. The summed E-state index contributed by atoms with van der Waals surface area (Å²) in [5.41, 5.74) is -1.50. The van der Waals surface area contributed by atoms with Crippen molar-refractivity contribution < 1.29 is 27.2 Å². The second kappa shape index (κ2) is 7.77. The molecule has 0 saturated heterocycles. The number of carbonyl (C=O) groups is 2. The highest BCUT2D eigenvalue weighted by atomic mass is 35.5. The third-order valence-corrected chi connectivity index (χ3v) is 3.93. The van der Waals surface area contributed by atoms with Crippen LogP contribution in [0, 0.1) is 0 Å². The number of hydrogen-bond acceptors (Lipinski definition) is 3. The zero-order valence-electron chi connectivity index (χ0n) is 14.0. The Morgan fingerprint density at radius 2 is 1.64 bits per heavy atom. The van der Waals surface area contributed by atoms with Crippen LogP contribution < -0.4 is 10.6 Å². The van der Waals surface area contributed by atoms with Gasteiger partial charge in [-0.3, -0.25) is 9.59 Å². The largest absolute Gasteiger partial charge is 0.459 e. The first kappa shape index (κ1) is 19.5. The average molecular weight is 409 g/mol. The fourth-order valence-corrected chi connectivity index (χ4v) is 2.49. The van der Waals surface area contributed by atoms with Crippen molar-refractivity contribution in [1.29, 1.82) is 0 Å². The third kappa shape index (κ3) is 4.52. The number of benzene rings is 2. The first-order valence-corrected chi connectivity index (χ1v) is 8.25. The van der Waals surface area contributed by atoms with E-state index in [0.29, 0.717) is 5.02 Å². The van der Waals surface area contributed by atoms with Gasteiger partial charge >= 0.3 is 6.18 Å². The van der Waals surface area contributed by atoms with Crippen LogP contribution in [0.2, 0.25) is 5.02 Å². The van der Waals surface area contributed by atoms with Gasteiger partial charge in [0, 0.05) is 16.3 Å². The minimum atomic E-state index is -4.76. The maximum absolute atomic E-state index is 13.4. The van der Waals surface area contributed by atoms with Crippen molar-refractivity contribution in [2.75, 3.05) is 10.6 Å². The number of amides is 2. The van der Waals surface area contributed by atoms with Gasteiger partial charge in [0.15, 0.2) is 5.76 Å². The van der Waals surface area contributed by atoms with Crippen molar-refractivity contribution in [3.63, 3.8) is 0 Å². The van der Waals surface area contributed by atoms with Crippen LogP contribution in [0.15, 0.2) is 65.3 Å². The number of alkyl halides is 3. The molecule has 2 amide bonds. The van der Waals surface area contributed by atoms with E-state index in [0.717, 1.165) is 12.1 Å². The summed E-state index contributed by atoms with van der Waals surface area (Å²) in [5, 5.41) is 4.94. The van der Waals surface area contributed by atoms with Crippen LogP contribution in [0.1, 0.15) is 26.5 Å². The minimum absolute atomic E-state index is 0.0475. The van der Waals surface area contributed by atoms with E-state index in [1.165, 1.54) is 48.7 Å². The number of rotatable bonds is 4. The molecule has 144 valence electrons. The summed E-state index contributed by atoms with van der Waals surface area (Å²) >= 11 is 5.74. The Hall–Kier alpha value is -3.26. The van der Waals surface area contributed by atoms with Gasteiger partial charge in [0.2, 0.25) is 0 Å². The van der Waals surface area contributed by atoms with E-state index in [2.05, 4.69) is 10.6 Å². The summed E-state index contributed by atoms with van der Waals surface area (Å²) in [6.07, 6.45) is -3.49. The molecule has 0 spiro atoms. The molecular formula is C19H12ClF3N2O3. The number of carbonyl (C=O) groups excluding carboxylic acids is 2. The molecule has 9 heteroatoms. The van der Waals surface area contributed by atoms with E-state index in [1.807, 2.05) is 0 Å². The summed E-state index contributed by atoms with van der Waals surface area (Å²) in [6.45, 7) is 0. The van der Waals surface area contributed by atoms with Gasteiger partial charge in [-0.05, 0) is 54.6 Å². The van der Waals surface area contributed by atoms with Crippen molar-refractivity contribution in [2.24, 2.45) is 0 Å². The highest BCUT2D eigenvalue weighted by Crippen LogP contribution is 2.37. The number of nitrogens with one attached hydrogen (secondary N) is 2. The maximum atomic E-state index is 13.4. The topological polar surface area (TPSA) is 71.3 Å². The molecule has 3 rings (SSSR count). The molecule has 1 heterocycles. The lowest BCUT2D eigenvalue weighted by Crippen LogP contribution is -2.18. The molecule has 0 aliphatic rings. The molecule has 2 N–H and O–H groups in total. The smallest absolute Gasteiger partial charge is 0.418 e. The summed E-state index contributed by atoms with van der Waals surface area (Å²) in [6, 6.07) is 11.6. The van der Waals surface area contributed by atoms with Crippen molar-refractivity contribution >= 4 is 34.8 Å². The van der Waals surface area contributed by atoms with Crippen LogP contribution in [0.4, 0.5) is 24.5 Å². The highest BCUT2D eigenvalue weighted by molar-refractivity contribution is 6.30. The number of hydrogen-bond donors (Lipinski definition) is 2. The summed E-state index contributed by atoms with van der Waals surface area (Å²) in [7, 11) is 0. The number of halogens is 4. The van der Waals surface area contributed by atoms with Gasteiger partial charge in [0.25, 0.3) is 11.8 Å². The standard InChI is InChI=1S/C19H12ClF3N2O3/c20-12-5-3-11(4-6-12)17(26)25-15-8-7-13(10-14(15)19(21,22)23)24-18(27)16-2-1-9-28-16/h1-10H,(H,24,27)(H,25,26). The zero-order valence-corrected chi connectivity index (χ0v) is 14.8. The van der Waals surface area contributed by atoms with Gasteiger partial charge in [-0.15, -0.1) is 0 Å². The molecule has 0 bridgehead atoms. The predicted molar refractivity (Wildman–Crippen MR) is 97.5 cm³/mol. The summed E-state index contributed by atoms with van der Waals surface area (Å²) in [4.78, 5) is 24.2. The highest BCUT2D eigenvalue weighted by Gasteiger charge is 2.34. The van der Waals surface area contributed by atoms with E-state index in [-0.39, 0.29) is 17.0 Å². The van der Waals surface area contributed by atoms with Crippen LogP contribution in [-0.2, 0) is 6.18 Å². The maximum Gasteiger partial charge on any atom is 0.418 e. The quantitative estimate of drug-likeness (QED) is 0.602. The second-order valence-corrected chi connectivity index (χ2v) is 6.09. The van der Waals surface area contributed by atoms with Gasteiger partial charge in [0.1, 0.15) is 0 Å². The van der Waals surface area contributed by atoms with Crippen molar-refractivity contribution in [3.8, 4) is 0 Å². The molecule has 0 atom stereocenters. The number of furan rings is 1. The van der Waals surface area contributed by atoms with Crippen LogP contribution in [0.25, 0.3) is 0 Å². The zero-order chi connectivity index (χ0) is 20.3. The Morgan fingerprint density at radius 3 is 2.25 bits per heavy atom. The van der Waals surface area contributed by atoms with E-state index < -0.39 is 29.2 Å². The normalized spacial score (nSPS) is 11.1. The monoisotopic (exact) mass is 408 g/mol. The van der Waals surface area contributed by atoms with E-state index in [1.54, 1.807) is 0 Å². The van der Waals surface area contributed by atoms with E-state index in [4.69, 9.17) is 16.0 Å². The lowest BCUT2D eigenvalue weighted by Gasteiger charge is -2.15. The molecule has 1 aromatic heterocycles. The first-order valence-electron chi connectivity index (χ1n) is 7.87. The summed E-state index contributed by atoms with van der Waals surface area (Å²) < 4.78 is 45.2. The van der Waals surface area contributed by atoms with Crippen LogP contribution in [0.3, 0.4) is 0 Å². The van der Waals surface area contributed by atoms with E-state index in [9.17, 15) is 22.8 Å². The van der Waals surface area contributed by atoms with E-state index >= 15 is 0 Å².